The van der Waals surface area contributed by atoms with Crippen molar-refractivity contribution in [3.8, 4) is 23.3 Å². The summed E-state index contributed by atoms with van der Waals surface area (Å²) in [5.41, 5.74) is 4.07. The number of nitrogens with zero attached hydrogens (tertiary/aromatic N) is 2. The van der Waals surface area contributed by atoms with Crippen molar-refractivity contribution in [1.29, 1.82) is 10.5 Å². The Hall–Kier alpha value is -2.67. The molecule has 0 spiro atoms. The monoisotopic (exact) mass is 580 g/mol. The molecule has 162 valence electrons. The summed E-state index contributed by atoms with van der Waals surface area (Å²) in [6.45, 7) is 1.08. The number of hydrogen-bond donors (Lipinski definition) is 2. The molecule has 3 rings (SSSR count). The first-order chi connectivity index (χ1) is 12.7. The van der Waals surface area contributed by atoms with Crippen LogP contribution in [0.5, 0.6) is 0 Å². The molecule has 1 heterocycles. The molecule has 2 aromatic carbocycles. The second-order valence-electron chi connectivity index (χ2n) is 5.63. The topological polar surface area (TPSA) is 138 Å². The summed E-state index contributed by atoms with van der Waals surface area (Å²) in [4.78, 5) is 13.7. The van der Waals surface area contributed by atoms with Gasteiger partial charge in [-0.15, -0.1) is 13.1 Å². The van der Waals surface area contributed by atoms with E-state index in [-0.39, 0.29) is 41.4 Å². The molecule has 30 heavy (non-hydrogen) atoms. The van der Waals surface area contributed by atoms with E-state index >= 15 is 0 Å². The SMILES string of the molecule is N#CCCc1ccc(-c2ccc(C#N)cc2)cc1.O.O=C(OO)[C-]1CNC1.[CH3-].[CH3-].[W]. The summed E-state index contributed by atoms with van der Waals surface area (Å²) in [5.74, 6) is -0.0312. The van der Waals surface area contributed by atoms with Gasteiger partial charge in [0.1, 0.15) is 0 Å². The largest absolute Gasteiger partial charge is 0.412 e. The van der Waals surface area contributed by atoms with Crippen molar-refractivity contribution in [1.82, 2.24) is 5.32 Å². The van der Waals surface area contributed by atoms with E-state index in [1.54, 1.807) is 0 Å². The molecule has 1 saturated heterocycles. The van der Waals surface area contributed by atoms with Crippen LogP contribution in [0, 0.1) is 43.4 Å². The van der Waals surface area contributed by atoms with Crippen LogP contribution in [0.25, 0.3) is 11.1 Å². The third-order valence-electron chi connectivity index (χ3n) is 3.88. The van der Waals surface area contributed by atoms with Crippen molar-refractivity contribution in [2.45, 2.75) is 12.8 Å². The molecule has 0 unspecified atom stereocenters. The van der Waals surface area contributed by atoms with Crippen molar-refractivity contribution in [2.75, 3.05) is 13.1 Å². The second-order valence-corrected chi connectivity index (χ2v) is 5.63. The van der Waals surface area contributed by atoms with Gasteiger partial charge in [-0.05, 0) is 35.2 Å². The molecule has 0 radical (unpaired) electrons. The van der Waals surface area contributed by atoms with Crippen LogP contribution in [-0.2, 0) is 37.2 Å². The van der Waals surface area contributed by atoms with Crippen molar-refractivity contribution in [3.05, 3.63) is 80.4 Å². The van der Waals surface area contributed by atoms with E-state index in [0.29, 0.717) is 31.0 Å². The number of hydrogen-bond acceptors (Lipinski definition) is 6. The van der Waals surface area contributed by atoms with Crippen LogP contribution >= 0.6 is 0 Å². The van der Waals surface area contributed by atoms with Gasteiger partial charge < -0.3 is 30.5 Å². The van der Waals surface area contributed by atoms with E-state index in [2.05, 4.69) is 22.3 Å². The van der Waals surface area contributed by atoms with Gasteiger partial charge in [0.25, 0.3) is 0 Å². The standard InChI is InChI=1S/C16H12N2.C4H6NO3.2CH3.H2O.W/c17-11-1-2-13-3-7-15(8-4-13)16-9-5-14(12-18)6-10-16;6-4(8-7)3-1-5-2-3;;;;/h3-10H,1-2H2;5,7H,1-2H2;2*1H3;1H2;/q;3*-1;;. The zero-order valence-electron chi connectivity index (χ0n) is 17.0. The van der Waals surface area contributed by atoms with E-state index in [1.165, 1.54) is 5.56 Å². The summed E-state index contributed by atoms with van der Waals surface area (Å²) in [6, 6.07) is 20.0. The Morgan fingerprint density at radius 2 is 1.53 bits per heavy atom. The molecule has 0 amide bonds. The molecule has 7 nitrogen and oxygen atoms in total. The third kappa shape index (κ3) is 9.69. The molecule has 2 aromatic rings. The molecular formula is C22H26N3O4W-3. The van der Waals surface area contributed by atoms with E-state index < -0.39 is 5.97 Å². The number of nitrogens with one attached hydrogen (secondary N) is 1. The Balaban J connectivity index is -0.000000526. The van der Waals surface area contributed by atoms with Gasteiger partial charge in [0, 0.05) is 27.5 Å². The minimum atomic E-state index is -0.622. The van der Waals surface area contributed by atoms with Gasteiger partial charge in [-0.1, -0.05) is 36.4 Å². The van der Waals surface area contributed by atoms with E-state index in [0.717, 1.165) is 17.5 Å². The van der Waals surface area contributed by atoms with E-state index in [4.69, 9.17) is 15.8 Å². The Labute approximate surface area is 192 Å². The Bertz CT molecular complexity index is 808. The molecule has 4 N–H and O–H groups in total. The van der Waals surface area contributed by atoms with Crippen LogP contribution in [-0.4, -0.2) is 29.8 Å². The van der Waals surface area contributed by atoms with E-state index in [1.807, 2.05) is 48.5 Å². The summed E-state index contributed by atoms with van der Waals surface area (Å²) >= 11 is 0. The zero-order chi connectivity index (χ0) is 18.8. The molecule has 0 aromatic heterocycles. The minimum absolute atomic E-state index is 0. The van der Waals surface area contributed by atoms with E-state index in [9.17, 15) is 4.79 Å². The zero-order valence-corrected chi connectivity index (χ0v) is 19.9. The van der Waals surface area contributed by atoms with Crippen LogP contribution in [0.4, 0.5) is 0 Å². The molecular weight excluding hydrogens is 554 g/mol. The van der Waals surface area contributed by atoms with Crippen molar-refractivity contribution in [3.63, 3.8) is 0 Å². The smallest absolute Gasteiger partial charge is 0.217 e. The van der Waals surface area contributed by atoms with Gasteiger partial charge >= 0.3 is 0 Å². The minimum Gasteiger partial charge on any atom is -0.412 e. The van der Waals surface area contributed by atoms with Gasteiger partial charge in [0.2, 0.25) is 5.97 Å². The number of aryl methyl sites for hydroxylation is 1. The van der Waals surface area contributed by atoms with Crippen molar-refractivity contribution < 1.29 is 41.5 Å². The van der Waals surface area contributed by atoms with Gasteiger partial charge in [-0.3, -0.25) is 4.79 Å². The maximum Gasteiger partial charge on any atom is 0.217 e. The molecule has 0 bridgehead atoms. The fourth-order valence-electron chi connectivity index (χ4n) is 2.26. The van der Waals surface area contributed by atoms with Gasteiger partial charge in [0.15, 0.2) is 0 Å². The molecule has 8 heteroatoms. The maximum atomic E-state index is 10.2. The van der Waals surface area contributed by atoms with Crippen molar-refractivity contribution >= 4 is 5.97 Å². The molecule has 1 aliphatic rings. The maximum absolute atomic E-state index is 10.2. The van der Waals surface area contributed by atoms with Gasteiger partial charge in [0.05, 0.1) is 17.7 Å². The number of carbonyl (C=O) groups excluding carboxylic acids is 1. The normalized spacial score (nSPS) is 10.3. The molecule has 0 atom stereocenters. The summed E-state index contributed by atoms with van der Waals surface area (Å²) < 4.78 is 0. The number of rotatable bonds is 4. The van der Waals surface area contributed by atoms with Crippen LogP contribution in [0.15, 0.2) is 48.5 Å². The third-order valence-corrected chi connectivity index (χ3v) is 3.88. The number of benzene rings is 2. The molecule has 1 fully saturated rings. The van der Waals surface area contributed by atoms with Crippen molar-refractivity contribution in [2.24, 2.45) is 0 Å². The Kier molecular flexibility index (Phi) is 18.4. The average molecular weight is 580 g/mol. The molecule has 0 saturated carbocycles. The van der Waals surface area contributed by atoms with Crippen LogP contribution in [0.1, 0.15) is 17.5 Å². The molecule has 1 aliphatic heterocycles. The summed E-state index contributed by atoms with van der Waals surface area (Å²) in [6.07, 6.45) is 1.35. The quantitative estimate of drug-likeness (QED) is 0.324. The first kappa shape index (κ1) is 32.0. The number of nitriles is 2. The summed E-state index contributed by atoms with van der Waals surface area (Å²) in [7, 11) is 0. The average Bonchev–Trinajstić information content (AvgIpc) is 2.66. The van der Waals surface area contributed by atoms with Crippen LogP contribution < -0.4 is 5.32 Å². The fourth-order valence-corrected chi connectivity index (χ4v) is 2.26. The second kappa shape index (κ2) is 17.2. The van der Waals surface area contributed by atoms with Crippen LogP contribution in [0.2, 0.25) is 0 Å². The van der Waals surface area contributed by atoms with Gasteiger partial charge in [-0.2, -0.15) is 10.5 Å². The number of carbonyl (C=O) groups is 1. The Morgan fingerprint density at radius 3 is 1.87 bits per heavy atom. The predicted molar refractivity (Wildman–Crippen MR) is 112 cm³/mol. The van der Waals surface area contributed by atoms with Gasteiger partial charge in [-0.25, -0.2) is 11.2 Å². The predicted octanol–water partition coefficient (Wildman–Crippen LogP) is 2.94. The molecule has 0 aliphatic carbocycles. The summed E-state index contributed by atoms with van der Waals surface area (Å²) in [5, 5.41) is 27.9. The first-order valence-electron chi connectivity index (χ1n) is 8.05. The fraction of sp³-hybridized carbons (Fsp3) is 0.182. The Morgan fingerprint density at radius 1 is 1.03 bits per heavy atom. The first-order valence-corrected chi connectivity index (χ1v) is 8.05. The van der Waals surface area contributed by atoms with Crippen LogP contribution in [0.3, 0.4) is 0 Å².